The molecule has 0 aliphatic rings. The van der Waals surface area contributed by atoms with Gasteiger partial charge in [-0.1, -0.05) is 11.3 Å². The first-order chi connectivity index (χ1) is 13.1. The number of hydrogen-bond acceptors (Lipinski definition) is 5. The first kappa shape index (κ1) is 19.4. The molecule has 0 spiro atoms. The van der Waals surface area contributed by atoms with Gasteiger partial charge in [-0.25, -0.2) is 4.79 Å². The van der Waals surface area contributed by atoms with Crippen molar-refractivity contribution in [2.75, 3.05) is 12.9 Å². The summed E-state index contributed by atoms with van der Waals surface area (Å²) in [5, 5.41) is 0. The number of fused-ring (bicyclic) bond motifs is 1. The summed E-state index contributed by atoms with van der Waals surface area (Å²) >= 11 is 3.02. The fourth-order valence-corrected chi connectivity index (χ4v) is 4.23. The smallest absolute Gasteiger partial charge is 0.338 e. The Hall–Kier alpha value is -2.38. The number of aryl methyl sites for hydroxylation is 1. The van der Waals surface area contributed by atoms with Gasteiger partial charge in [0.1, 0.15) is 0 Å². The van der Waals surface area contributed by atoms with Crippen LogP contribution in [0.2, 0.25) is 0 Å². The third-order valence-electron chi connectivity index (χ3n) is 4.04. The van der Waals surface area contributed by atoms with Crippen LogP contribution in [0.5, 0.6) is 0 Å². The second-order valence-electron chi connectivity index (χ2n) is 5.68. The molecular weight excluding hydrogens is 380 g/mol. The largest absolute Gasteiger partial charge is 0.462 e. The Morgan fingerprint density at radius 2 is 1.81 bits per heavy atom. The average molecular weight is 401 g/mol. The minimum atomic E-state index is -0.348. The monoisotopic (exact) mass is 400 g/mol. The minimum Gasteiger partial charge on any atom is -0.462 e. The summed E-state index contributed by atoms with van der Waals surface area (Å²) in [6, 6.07) is 12.8. The van der Waals surface area contributed by atoms with Crippen molar-refractivity contribution in [1.29, 1.82) is 0 Å². The average Bonchev–Trinajstić information content (AvgIpc) is 3.04. The number of rotatable bonds is 5. The highest BCUT2D eigenvalue weighted by molar-refractivity contribution is 7.98. The van der Waals surface area contributed by atoms with E-state index in [2.05, 4.69) is 4.99 Å². The maximum Gasteiger partial charge on any atom is 0.338 e. The maximum atomic E-state index is 12.6. The van der Waals surface area contributed by atoms with Gasteiger partial charge in [0.15, 0.2) is 4.80 Å². The summed E-state index contributed by atoms with van der Waals surface area (Å²) in [7, 11) is 0. The number of carbonyl (C=O) groups excluding carboxylic acids is 2. The van der Waals surface area contributed by atoms with E-state index in [-0.39, 0.29) is 11.9 Å². The predicted octanol–water partition coefficient (Wildman–Crippen LogP) is 4.36. The van der Waals surface area contributed by atoms with Gasteiger partial charge in [0.2, 0.25) is 0 Å². The molecule has 0 fully saturated rings. The molecule has 0 N–H and O–H groups in total. The van der Waals surface area contributed by atoms with Gasteiger partial charge in [-0.3, -0.25) is 4.79 Å². The minimum absolute atomic E-state index is 0.276. The van der Waals surface area contributed by atoms with Crippen LogP contribution < -0.4 is 4.80 Å². The van der Waals surface area contributed by atoms with E-state index in [1.54, 1.807) is 43.0 Å². The van der Waals surface area contributed by atoms with E-state index in [4.69, 9.17) is 4.74 Å². The van der Waals surface area contributed by atoms with Crippen LogP contribution in [0.25, 0.3) is 10.2 Å². The molecule has 5 nitrogen and oxygen atoms in total. The van der Waals surface area contributed by atoms with E-state index in [0.29, 0.717) is 29.1 Å². The molecule has 1 heterocycles. The third kappa shape index (κ3) is 4.14. The standard InChI is InChI=1S/C20H20N2O3S2/c1-4-22-16-11-8-14(19(24)25-5-2)12-17(16)27-20(22)21-18(23)13-6-9-15(26-3)10-7-13/h6-12H,4-5H2,1-3H3. The lowest BCUT2D eigenvalue weighted by Crippen LogP contribution is -2.15. The summed E-state index contributed by atoms with van der Waals surface area (Å²) in [6.45, 7) is 4.79. The summed E-state index contributed by atoms with van der Waals surface area (Å²) < 4.78 is 7.93. The van der Waals surface area contributed by atoms with Crippen molar-refractivity contribution in [2.45, 2.75) is 25.3 Å². The lowest BCUT2D eigenvalue weighted by Gasteiger charge is -2.03. The van der Waals surface area contributed by atoms with Crippen molar-refractivity contribution >= 4 is 45.2 Å². The van der Waals surface area contributed by atoms with E-state index in [1.165, 1.54) is 11.3 Å². The van der Waals surface area contributed by atoms with Crippen LogP contribution in [0.3, 0.4) is 0 Å². The second-order valence-corrected chi connectivity index (χ2v) is 7.57. The van der Waals surface area contributed by atoms with Crippen molar-refractivity contribution in [3.63, 3.8) is 0 Å². The summed E-state index contributed by atoms with van der Waals surface area (Å²) in [6.07, 6.45) is 1.99. The number of benzene rings is 2. The highest BCUT2D eigenvalue weighted by Crippen LogP contribution is 2.20. The van der Waals surface area contributed by atoms with E-state index in [9.17, 15) is 9.59 Å². The van der Waals surface area contributed by atoms with Gasteiger partial charge in [0, 0.05) is 17.0 Å². The van der Waals surface area contributed by atoms with Crippen LogP contribution in [0.15, 0.2) is 52.4 Å². The SMILES string of the molecule is CCOC(=O)c1ccc2c(c1)sc(=NC(=O)c1ccc(SC)cc1)n2CC. The molecule has 0 aliphatic heterocycles. The fraction of sp³-hybridized carbons (Fsp3) is 0.250. The van der Waals surface area contributed by atoms with Crippen molar-refractivity contribution < 1.29 is 14.3 Å². The molecule has 140 valence electrons. The fourth-order valence-electron chi connectivity index (χ4n) is 2.69. The molecule has 3 rings (SSSR count). The number of carbonyl (C=O) groups is 2. The first-order valence-electron chi connectivity index (χ1n) is 8.61. The maximum absolute atomic E-state index is 12.6. The molecular formula is C20H20N2O3S2. The lowest BCUT2D eigenvalue weighted by atomic mass is 10.2. The van der Waals surface area contributed by atoms with Gasteiger partial charge in [-0.2, -0.15) is 4.99 Å². The molecule has 0 atom stereocenters. The number of thioether (sulfide) groups is 1. The topological polar surface area (TPSA) is 60.7 Å². The molecule has 0 bridgehead atoms. The van der Waals surface area contributed by atoms with Gasteiger partial charge in [-0.15, -0.1) is 11.8 Å². The Morgan fingerprint density at radius 1 is 1.11 bits per heavy atom. The molecule has 7 heteroatoms. The Balaban J connectivity index is 2.02. The predicted molar refractivity (Wildman–Crippen MR) is 110 cm³/mol. The van der Waals surface area contributed by atoms with Crippen LogP contribution in [-0.4, -0.2) is 29.3 Å². The molecule has 2 aromatic carbocycles. The zero-order chi connectivity index (χ0) is 19.4. The Bertz CT molecular complexity index is 1050. The number of esters is 1. The molecule has 0 unspecified atom stereocenters. The van der Waals surface area contributed by atoms with Gasteiger partial charge in [-0.05, 0) is 62.6 Å². The lowest BCUT2D eigenvalue weighted by molar-refractivity contribution is 0.0526. The van der Waals surface area contributed by atoms with Gasteiger partial charge in [0.25, 0.3) is 5.91 Å². The number of hydrogen-bond donors (Lipinski definition) is 0. The molecule has 27 heavy (non-hydrogen) atoms. The van der Waals surface area contributed by atoms with Crippen molar-refractivity contribution in [1.82, 2.24) is 4.57 Å². The van der Waals surface area contributed by atoms with Crippen LogP contribution >= 0.6 is 23.1 Å². The third-order valence-corrected chi connectivity index (χ3v) is 5.83. The summed E-state index contributed by atoms with van der Waals surface area (Å²) in [4.78, 5) is 30.6. The van der Waals surface area contributed by atoms with E-state index in [0.717, 1.165) is 15.1 Å². The molecule has 1 amide bonds. The summed E-state index contributed by atoms with van der Waals surface area (Å²) in [5.74, 6) is -0.624. The Morgan fingerprint density at radius 3 is 2.44 bits per heavy atom. The number of amides is 1. The first-order valence-corrected chi connectivity index (χ1v) is 10.6. The van der Waals surface area contributed by atoms with Gasteiger partial charge >= 0.3 is 5.97 Å². The molecule has 0 saturated carbocycles. The zero-order valence-corrected chi connectivity index (χ0v) is 17.0. The van der Waals surface area contributed by atoms with Gasteiger partial charge in [0.05, 0.1) is 22.4 Å². The molecule has 1 aromatic heterocycles. The van der Waals surface area contributed by atoms with E-state index < -0.39 is 0 Å². The number of ether oxygens (including phenoxy) is 1. The van der Waals surface area contributed by atoms with E-state index >= 15 is 0 Å². The Kier molecular flexibility index (Phi) is 6.13. The van der Waals surface area contributed by atoms with Crippen molar-refractivity contribution in [2.24, 2.45) is 4.99 Å². The van der Waals surface area contributed by atoms with Gasteiger partial charge < -0.3 is 9.30 Å². The molecule has 0 saturated heterocycles. The summed E-state index contributed by atoms with van der Waals surface area (Å²) in [5.41, 5.74) is 2.00. The van der Waals surface area contributed by atoms with Crippen molar-refractivity contribution in [3.8, 4) is 0 Å². The second kappa shape index (κ2) is 8.54. The van der Waals surface area contributed by atoms with Crippen LogP contribution in [0.4, 0.5) is 0 Å². The van der Waals surface area contributed by atoms with Crippen LogP contribution in [-0.2, 0) is 11.3 Å². The molecule has 0 radical (unpaired) electrons. The Labute approximate surface area is 165 Å². The number of aromatic nitrogens is 1. The highest BCUT2D eigenvalue weighted by atomic mass is 32.2. The molecule has 3 aromatic rings. The molecule has 0 aliphatic carbocycles. The van der Waals surface area contributed by atoms with E-state index in [1.807, 2.05) is 35.9 Å². The quantitative estimate of drug-likeness (QED) is 0.472. The van der Waals surface area contributed by atoms with Crippen LogP contribution in [0.1, 0.15) is 34.6 Å². The number of nitrogens with zero attached hydrogens (tertiary/aromatic N) is 2. The normalized spacial score (nSPS) is 11.7. The van der Waals surface area contributed by atoms with Crippen LogP contribution in [0, 0.1) is 0 Å². The van der Waals surface area contributed by atoms with Crippen molar-refractivity contribution in [3.05, 3.63) is 58.4 Å². The number of thiazole rings is 1. The zero-order valence-electron chi connectivity index (χ0n) is 15.4. The highest BCUT2D eigenvalue weighted by Gasteiger charge is 2.12.